The van der Waals surface area contributed by atoms with E-state index in [1.165, 1.54) is 24.4 Å². The molecule has 9 nitrogen and oxygen atoms in total. The summed E-state index contributed by atoms with van der Waals surface area (Å²) in [5, 5.41) is 16.9. The van der Waals surface area contributed by atoms with Crippen molar-refractivity contribution in [2.75, 3.05) is 20.3 Å². The lowest BCUT2D eigenvalue weighted by atomic mass is 10.2. The fourth-order valence-corrected chi connectivity index (χ4v) is 1.59. The van der Waals surface area contributed by atoms with Crippen LogP contribution in [0.4, 0.5) is 5.69 Å². The number of non-ortho nitro benzene ring substituents is 1. The zero-order valence-corrected chi connectivity index (χ0v) is 12.7. The zero-order chi connectivity index (χ0) is 17.1. The summed E-state index contributed by atoms with van der Waals surface area (Å²) in [6.07, 6.45) is 1.58. The van der Waals surface area contributed by atoms with Crippen molar-refractivity contribution in [3.8, 4) is 0 Å². The van der Waals surface area contributed by atoms with Crippen LogP contribution >= 0.6 is 0 Å². The molecule has 2 N–H and O–H groups in total. The molecule has 124 valence electrons. The van der Waals surface area contributed by atoms with Crippen molar-refractivity contribution in [1.29, 1.82) is 0 Å². The molecular weight excluding hydrogens is 304 g/mol. The first kappa shape index (κ1) is 18.2. The fourth-order valence-electron chi connectivity index (χ4n) is 1.59. The standard InChI is InChI=1S/C14H18N4O5/c1-23-7-3-6-15-13(19)9-14(20)17-16-10-11-4-2-5-12(8-11)18(21)22/h2,4-5,8,10H,3,6-7,9H2,1H3,(H,15,19)(H,17,20)/b16-10-. The molecule has 23 heavy (non-hydrogen) atoms. The molecule has 2 amide bonds. The normalized spacial score (nSPS) is 10.5. The third-order valence-electron chi connectivity index (χ3n) is 2.65. The van der Waals surface area contributed by atoms with E-state index in [0.717, 1.165) is 0 Å². The fraction of sp³-hybridized carbons (Fsp3) is 0.357. The number of methoxy groups -OCH3 is 1. The van der Waals surface area contributed by atoms with Gasteiger partial charge in [-0.25, -0.2) is 5.43 Å². The van der Waals surface area contributed by atoms with E-state index >= 15 is 0 Å². The minimum Gasteiger partial charge on any atom is -0.385 e. The van der Waals surface area contributed by atoms with Crippen molar-refractivity contribution in [1.82, 2.24) is 10.7 Å². The summed E-state index contributed by atoms with van der Waals surface area (Å²) >= 11 is 0. The molecule has 0 saturated carbocycles. The van der Waals surface area contributed by atoms with Gasteiger partial charge in [-0.2, -0.15) is 5.10 Å². The van der Waals surface area contributed by atoms with Gasteiger partial charge in [-0.05, 0) is 6.42 Å². The number of nitro benzene ring substituents is 1. The van der Waals surface area contributed by atoms with Gasteiger partial charge in [0.15, 0.2) is 0 Å². The Labute approximate surface area is 132 Å². The summed E-state index contributed by atoms with van der Waals surface area (Å²) in [5.74, 6) is -0.986. The SMILES string of the molecule is COCCCNC(=O)CC(=O)N/N=C\c1cccc([N+](=O)[O-])c1. The number of carbonyl (C=O) groups is 2. The first-order valence-electron chi connectivity index (χ1n) is 6.85. The minimum atomic E-state index is -0.573. The summed E-state index contributed by atoms with van der Waals surface area (Å²) < 4.78 is 4.83. The molecule has 9 heteroatoms. The average Bonchev–Trinajstić information content (AvgIpc) is 2.52. The summed E-state index contributed by atoms with van der Waals surface area (Å²) in [7, 11) is 1.56. The Bertz CT molecular complexity index is 588. The van der Waals surface area contributed by atoms with Crippen molar-refractivity contribution in [3.63, 3.8) is 0 Å². The van der Waals surface area contributed by atoms with Crippen LogP contribution in [0.15, 0.2) is 29.4 Å². The van der Waals surface area contributed by atoms with Gasteiger partial charge in [0, 0.05) is 38.0 Å². The molecule has 1 rings (SSSR count). The Morgan fingerprint density at radius 2 is 2.17 bits per heavy atom. The highest BCUT2D eigenvalue weighted by atomic mass is 16.6. The number of benzene rings is 1. The lowest BCUT2D eigenvalue weighted by molar-refractivity contribution is -0.384. The second kappa shape index (κ2) is 10.0. The average molecular weight is 322 g/mol. The molecule has 0 saturated heterocycles. The Morgan fingerprint density at radius 1 is 1.39 bits per heavy atom. The van der Waals surface area contributed by atoms with Gasteiger partial charge in [0.1, 0.15) is 6.42 Å². The number of nitrogens with zero attached hydrogens (tertiary/aromatic N) is 2. The van der Waals surface area contributed by atoms with Crippen LogP contribution in [0.25, 0.3) is 0 Å². The Morgan fingerprint density at radius 3 is 2.87 bits per heavy atom. The maximum atomic E-state index is 11.5. The van der Waals surface area contributed by atoms with E-state index in [0.29, 0.717) is 25.1 Å². The molecular formula is C14H18N4O5. The van der Waals surface area contributed by atoms with E-state index in [1.54, 1.807) is 13.2 Å². The summed E-state index contributed by atoms with van der Waals surface area (Å²) in [6.45, 7) is 0.955. The monoisotopic (exact) mass is 322 g/mol. The molecule has 0 unspecified atom stereocenters. The van der Waals surface area contributed by atoms with Crippen molar-refractivity contribution in [2.45, 2.75) is 12.8 Å². The number of amides is 2. The topological polar surface area (TPSA) is 123 Å². The summed E-state index contributed by atoms with van der Waals surface area (Å²) in [5.41, 5.74) is 2.58. The number of ether oxygens (including phenoxy) is 1. The van der Waals surface area contributed by atoms with Gasteiger partial charge >= 0.3 is 0 Å². The molecule has 0 fully saturated rings. The molecule has 0 aromatic heterocycles. The lowest BCUT2D eigenvalue weighted by Gasteiger charge is -2.03. The lowest BCUT2D eigenvalue weighted by Crippen LogP contribution is -2.30. The number of hydrogen-bond acceptors (Lipinski definition) is 6. The van der Waals surface area contributed by atoms with Crippen molar-refractivity contribution in [2.24, 2.45) is 5.10 Å². The van der Waals surface area contributed by atoms with Crippen LogP contribution in [-0.2, 0) is 14.3 Å². The van der Waals surface area contributed by atoms with Crippen LogP contribution in [0.2, 0.25) is 0 Å². The quantitative estimate of drug-likeness (QED) is 0.226. The molecule has 1 aromatic rings. The van der Waals surface area contributed by atoms with Crippen LogP contribution in [0.5, 0.6) is 0 Å². The first-order valence-corrected chi connectivity index (χ1v) is 6.85. The van der Waals surface area contributed by atoms with Crippen LogP contribution in [0, 0.1) is 10.1 Å². The molecule has 0 aliphatic heterocycles. The largest absolute Gasteiger partial charge is 0.385 e. The highest BCUT2D eigenvalue weighted by molar-refractivity contribution is 5.97. The number of carbonyl (C=O) groups excluding carboxylic acids is 2. The van der Waals surface area contributed by atoms with Gasteiger partial charge in [0.05, 0.1) is 11.1 Å². The zero-order valence-electron chi connectivity index (χ0n) is 12.7. The van der Waals surface area contributed by atoms with Gasteiger partial charge in [-0.15, -0.1) is 0 Å². The summed E-state index contributed by atoms with van der Waals surface area (Å²) in [6, 6.07) is 5.78. The Hall–Kier alpha value is -2.81. The molecule has 0 aliphatic carbocycles. The molecule has 0 atom stereocenters. The van der Waals surface area contributed by atoms with Crippen LogP contribution in [0.1, 0.15) is 18.4 Å². The van der Waals surface area contributed by atoms with Gasteiger partial charge in [-0.1, -0.05) is 12.1 Å². The number of hydrogen-bond donors (Lipinski definition) is 2. The third-order valence-corrected chi connectivity index (χ3v) is 2.65. The van der Waals surface area contributed by atoms with E-state index < -0.39 is 16.7 Å². The Balaban J connectivity index is 2.36. The third kappa shape index (κ3) is 7.67. The molecule has 0 heterocycles. The van der Waals surface area contributed by atoms with E-state index in [9.17, 15) is 19.7 Å². The van der Waals surface area contributed by atoms with E-state index in [-0.39, 0.29) is 12.1 Å². The molecule has 0 aliphatic rings. The smallest absolute Gasteiger partial charge is 0.270 e. The number of rotatable bonds is 9. The number of nitro groups is 1. The van der Waals surface area contributed by atoms with E-state index in [4.69, 9.17) is 4.74 Å². The number of hydrazone groups is 1. The maximum absolute atomic E-state index is 11.5. The predicted octanol–water partition coefficient (Wildman–Crippen LogP) is 0.588. The second-order valence-electron chi connectivity index (χ2n) is 4.52. The van der Waals surface area contributed by atoms with Crippen LogP contribution in [-0.4, -0.2) is 43.2 Å². The maximum Gasteiger partial charge on any atom is 0.270 e. The molecule has 0 bridgehead atoms. The minimum absolute atomic E-state index is 0.0734. The Kier molecular flexibility index (Phi) is 7.94. The van der Waals surface area contributed by atoms with Crippen molar-refractivity contribution >= 4 is 23.7 Å². The predicted molar refractivity (Wildman–Crippen MR) is 83.0 cm³/mol. The van der Waals surface area contributed by atoms with Gasteiger partial charge in [0.2, 0.25) is 11.8 Å². The highest BCUT2D eigenvalue weighted by Gasteiger charge is 2.08. The van der Waals surface area contributed by atoms with Crippen molar-refractivity contribution < 1.29 is 19.2 Å². The van der Waals surface area contributed by atoms with Crippen LogP contribution in [0.3, 0.4) is 0 Å². The van der Waals surface area contributed by atoms with Gasteiger partial charge < -0.3 is 10.1 Å². The van der Waals surface area contributed by atoms with Gasteiger partial charge in [-0.3, -0.25) is 19.7 Å². The highest BCUT2D eigenvalue weighted by Crippen LogP contribution is 2.11. The van der Waals surface area contributed by atoms with Crippen molar-refractivity contribution in [3.05, 3.63) is 39.9 Å². The molecule has 0 spiro atoms. The number of nitrogens with one attached hydrogen (secondary N) is 2. The molecule has 0 radical (unpaired) electrons. The summed E-state index contributed by atoms with van der Waals surface area (Å²) in [4.78, 5) is 33.0. The first-order chi connectivity index (χ1) is 11.0. The van der Waals surface area contributed by atoms with E-state index in [2.05, 4.69) is 15.8 Å². The van der Waals surface area contributed by atoms with E-state index in [1.807, 2.05) is 0 Å². The van der Waals surface area contributed by atoms with Gasteiger partial charge in [0.25, 0.3) is 5.69 Å². The second-order valence-corrected chi connectivity index (χ2v) is 4.52. The molecule has 1 aromatic carbocycles. The van der Waals surface area contributed by atoms with Crippen LogP contribution < -0.4 is 10.7 Å².